The summed E-state index contributed by atoms with van der Waals surface area (Å²) >= 11 is 16.2. The second-order valence-corrected chi connectivity index (χ2v) is 6.36. The molecule has 0 aliphatic carbocycles. The molecule has 0 aliphatic rings. The van der Waals surface area contributed by atoms with Crippen molar-refractivity contribution in [3.63, 3.8) is 0 Å². The molecule has 112 valence electrons. The van der Waals surface area contributed by atoms with Crippen LogP contribution in [0.3, 0.4) is 0 Å². The van der Waals surface area contributed by atoms with E-state index >= 15 is 0 Å². The van der Waals surface area contributed by atoms with Crippen LogP contribution < -0.4 is 9.47 Å². The molecule has 0 amide bonds. The summed E-state index contributed by atoms with van der Waals surface area (Å²) in [5.41, 5.74) is 2.03. The Morgan fingerprint density at radius 2 is 1.76 bits per heavy atom. The van der Waals surface area contributed by atoms with Crippen molar-refractivity contribution in [2.45, 2.75) is 11.2 Å². The zero-order valence-electron chi connectivity index (χ0n) is 11.7. The minimum absolute atomic E-state index is 0.0377. The largest absolute Gasteiger partial charge is 0.495 e. The summed E-state index contributed by atoms with van der Waals surface area (Å²) in [6.45, 7) is 0. The Bertz CT molecular complexity index is 632. The standard InChI is InChI=1S/C16H15BrCl2O2/c1-20-14-8-7-11(16(21-2)15(14)19)12(17)9-10-5-3-4-6-13(10)18/h3-8,12H,9H2,1-2H3. The molecule has 0 aliphatic heterocycles. The number of rotatable bonds is 5. The van der Waals surface area contributed by atoms with Crippen molar-refractivity contribution in [3.05, 3.63) is 57.6 Å². The first kappa shape index (κ1) is 16.5. The summed E-state index contributed by atoms with van der Waals surface area (Å²) < 4.78 is 10.6. The maximum Gasteiger partial charge on any atom is 0.145 e. The third kappa shape index (κ3) is 3.65. The minimum Gasteiger partial charge on any atom is -0.495 e. The molecule has 0 aromatic heterocycles. The summed E-state index contributed by atoms with van der Waals surface area (Å²) in [4.78, 5) is 0.0377. The molecular formula is C16H15BrCl2O2. The third-order valence-corrected chi connectivity index (χ3v) is 4.75. The zero-order chi connectivity index (χ0) is 15.4. The minimum atomic E-state index is 0.0377. The summed E-state index contributed by atoms with van der Waals surface area (Å²) in [5, 5.41) is 1.22. The fraction of sp³-hybridized carbons (Fsp3) is 0.250. The van der Waals surface area contributed by atoms with Crippen LogP contribution in [0.25, 0.3) is 0 Å². The third-order valence-electron chi connectivity index (χ3n) is 3.21. The molecule has 1 atom stereocenters. The highest BCUT2D eigenvalue weighted by atomic mass is 79.9. The summed E-state index contributed by atoms with van der Waals surface area (Å²) in [6, 6.07) is 11.6. The number of ether oxygens (including phenoxy) is 2. The van der Waals surface area contributed by atoms with Gasteiger partial charge in [-0.25, -0.2) is 0 Å². The fourth-order valence-electron chi connectivity index (χ4n) is 2.13. The number of alkyl halides is 1. The van der Waals surface area contributed by atoms with E-state index < -0.39 is 0 Å². The average molecular weight is 390 g/mol. The monoisotopic (exact) mass is 388 g/mol. The molecule has 1 unspecified atom stereocenters. The van der Waals surface area contributed by atoms with Gasteiger partial charge in [-0.2, -0.15) is 0 Å². The van der Waals surface area contributed by atoms with Crippen molar-refractivity contribution in [1.82, 2.24) is 0 Å². The van der Waals surface area contributed by atoms with Crippen LogP contribution in [-0.2, 0) is 6.42 Å². The van der Waals surface area contributed by atoms with Crippen LogP contribution in [0.4, 0.5) is 0 Å². The Morgan fingerprint density at radius 1 is 1.05 bits per heavy atom. The SMILES string of the molecule is COc1ccc(C(Br)Cc2ccccc2Cl)c(OC)c1Cl. The lowest BCUT2D eigenvalue weighted by molar-refractivity contribution is 0.391. The van der Waals surface area contributed by atoms with Crippen molar-refractivity contribution in [2.75, 3.05) is 14.2 Å². The molecule has 0 radical (unpaired) electrons. The summed E-state index contributed by atoms with van der Waals surface area (Å²) in [6.07, 6.45) is 0.735. The van der Waals surface area contributed by atoms with Crippen LogP contribution >= 0.6 is 39.1 Å². The Balaban J connectivity index is 2.33. The zero-order valence-corrected chi connectivity index (χ0v) is 14.8. The molecule has 5 heteroatoms. The molecule has 2 aromatic rings. The molecule has 21 heavy (non-hydrogen) atoms. The normalized spacial score (nSPS) is 12.0. The van der Waals surface area contributed by atoms with Crippen LogP contribution in [0.2, 0.25) is 10.0 Å². The number of halogens is 3. The first-order valence-corrected chi connectivity index (χ1v) is 8.03. The van der Waals surface area contributed by atoms with E-state index in [1.54, 1.807) is 14.2 Å². The highest BCUT2D eigenvalue weighted by molar-refractivity contribution is 9.09. The van der Waals surface area contributed by atoms with Crippen molar-refractivity contribution < 1.29 is 9.47 Å². The van der Waals surface area contributed by atoms with E-state index in [2.05, 4.69) is 15.9 Å². The molecule has 2 nitrogen and oxygen atoms in total. The van der Waals surface area contributed by atoms with Gasteiger partial charge < -0.3 is 9.47 Å². The molecule has 0 saturated heterocycles. The van der Waals surface area contributed by atoms with E-state index in [4.69, 9.17) is 32.7 Å². The maximum atomic E-state index is 6.30. The van der Waals surface area contributed by atoms with Crippen LogP contribution in [0.5, 0.6) is 11.5 Å². The van der Waals surface area contributed by atoms with E-state index in [1.807, 2.05) is 36.4 Å². The van der Waals surface area contributed by atoms with Gasteiger partial charge in [-0.1, -0.05) is 63.4 Å². The molecule has 2 aromatic carbocycles. The molecule has 0 N–H and O–H groups in total. The van der Waals surface area contributed by atoms with E-state index in [1.165, 1.54) is 0 Å². The second-order valence-electron chi connectivity index (χ2n) is 4.47. The smallest absolute Gasteiger partial charge is 0.145 e. The molecular weight excluding hydrogens is 375 g/mol. The van der Waals surface area contributed by atoms with Gasteiger partial charge in [0.05, 0.1) is 14.2 Å². The molecule has 0 saturated carbocycles. The Morgan fingerprint density at radius 3 is 2.38 bits per heavy atom. The van der Waals surface area contributed by atoms with Gasteiger partial charge in [-0.15, -0.1) is 0 Å². The molecule has 0 fully saturated rings. The second kappa shape index (κ2) is 7.39. The van der Waals surface area contributed by atoms with E-state index in [0.717, 1.165) is 22.6 Å². The highest BCUT2D eigenvalue weighted by Crippen LogP contribution is 2.43. The highest BCUT2D eigenvalue weighted by Gasteiger charge is 2.19. The molecule has 0 heterocycles. The van der Waals surface area contributed by atoms with E-state index in [0.29, 0.717) is 16.5 Å². The van der Waals surface area contributed by atoms with Gasteiger partial charge in [0.25, 0.3) is 0 Å². The van der Waals surface area contributed by atoms with E-state index in [9.17, 15) is 0 Å². The topological polar surface area (TPSA) is 18.5 Å². The van der Waals surface area contributed by atoms with Crippen molar-refractivity contribution in [1.29, 1.82) is 0 Å². The number of methoxy groups -OCH3 is 2. The van der Waals surface area contributed by atoms with Gasteiger partial charge >= 0.3 is 0 Å². The van der Waals surface area contributed by atoms with Gasteiger partial charge in [0, 0.05) is 15.4 Å². The van der Waals surface area contributed by atoms with Crippen LogP contribution in [0.15, 0.2) is 36.4 Å². The van der Waals surface area contributed by atoms with Crippen molar-refractivity contribution in [3.8, 4) is 11.5 Å². The molecule has 0 bridgehead atoms. The van der Waals surface area contributed by atoms with Crippen LogP contribution in [0.1, 0.15) is 16.0 Å². The lowest BCUT2D eigenvalue weighted by Crippen LogP contribution is -2.01. The Kier molecular flexibility index (Phi) is 5.80. The molecule has 2 rings (SSSR count). The van der Waals surface area contributed by atoms with Crippen molar-refractivity contribution in [2.24, 2.45) is 0 Å². The summed E-state index contributed by atoms with van der Waals surface area (Å²) in [7, 11) is 3.18. The Labute approximate surface area is 143 Å². The van der Waals surface area contributed by atoms with Gasteiger partial charge in [0.15, 0.2) is 0 Å². The number of hydrogen-bond acceptors (Lipinski definition) is 2. The molecule has 0 spiro atoms. The van der Waals surface area contributed by atoms with Crippen molar-refractivity contribution >= 4 is 39.1 Å². The van der Waals surface area contributed by atoms with E-state index in [-0.39, 0.29) is 4.83 Å². The number of hydrogen-bond donors (Lipinski definition) is 0. The van der Waals surface area contributed by atoms with Gasteiger partial charge in [0.2, 0.25) is 0 Å². The lowest BCUT2D eigenvalue weighted by atomic mass is 10.0. The average Bonchev–Trinajstić information content (AvgIpc) is 2.49. The van der Waals surface area contributed by atoms with Crippen LogP contribution in [-0.4, -0.2) is 14.2 Å². The Hall–Kier alpha value is -0.900. The summed E-state index contributed by atoms with van der Waals surface area (Å²) in [5.74, 6) is 1.21. The quantitative estimate of drug-likeness (QED) is 0.611. The van der Waals surface area contributed by atoms with Crippen LogP contribution in [0, 0.1) is 0 Å². The lowest BCUT2D eigenvalue weighted by Gasteiger charge is -2.17. The van der Waals surface area contributed by atoms with Gasteiger partial charge in [0.1, 0.15) is 16.5 Å². The first-order valence-electron chi connectivity index (χ1n) is 6.36. The predicted octanol–water partition coefficient (Wildman–Crippen LogP) is 5.69. The van der Waals surface area contributed by atoms with Gasteiger partial charge in [-0.3, -0.25) is 0 Å². The fourth-order valence-corrected chi connectivity index (χ4v) is 3.38. The number of benzene rings is 2. The maximum absolute atomic E-state index is 6.30. The van der Waals surface area contributed by atoms with Gasteiger partial charge in [-0.05, 0) is 24.1 Å². The predicted molar refractivity (Wildman–Crippen MR) is 91.4 cm³/mol. The first-order chi connectivity index (χ1) is 10.1.